The average molecular weight is 563 g/mol. The third-order valence-corrected chi connectivity index (χ3v) is 8.48. The van der Waals surface area contributed by atoms with Gasteiger partial charge in [-0.05, 0) is 81.6 Å². The summed E-state index contributed by atoms with van der Waals surface area (Å²) in [7, 11) is 0. The predicted octanol–water partition coefficient (Wildman–Crippen LogP) is 6.10. The van der Waals surface area contributed by atoms with Crippen LogP contribution in [0.15, 0.2) is 47.4 Å². The Kier molecular flexibility index (Phi) is 9.44. The lowest BCUT2D eigenvalue weighted by atomic mass is 9.82. The van der Waals surface area contributed by atoms with Crippen molar-refractivity contribution in [3.8, 4) is 5.69 Å². The first-order valence-electron chi connectivity index (χ1n) is 14.3. The number of carbonyl (C=O) groups excluding carboxylic acids is 2. The fourth-order valence-corrected chi connectivity index (χ4v) is 6.06. The molecule has 0 spiro atoms. The Hall–Kier alpha value is -3.30. The number of rotatable bonds is 9. The fourth-order valence-electron chi connectivity index (χ4n) is 5.54. The van der Waals surface area contributed by atoms with Gasteiger partial charge in [-0.1, -0.05) is 25.1 Å². The Bertz CT molecular complexity index is 1290. The van der Waals surface area contributed by atoms with E-state index in [1.54, 1.807) is 29.1 Å². The van der Waals surface area contributed by atoms with Crippen LogP contribution in [0.2, 0.25) is 0 Å². The van der Waals surface area contributed by atoms with Gasteiger partial charge in [0.25, 0.3) is 0 Å². The highest BCUT2D eigenvalue weighted by Gasteiger charge is 2.37. The van der Waals surface area contributed by atoms with E-state index in [1.165, 1.54) is 0 Å². The summed E-state index contributed by atoms with van der Waals surface area (Å²) < 4.78 is 12.7. The molecule has 0 radical (unpaired) electrons. The topological polar surface area (TPSA) is 86.6 Å². The summed E-state index contributed by atoms with van der Waals surface area (Å²) in [4.78, 5) is 33.3. The van der Waals surface area contributed by atoms with Gasteiger partial charge in [0.1, 0.15) is 5.56 Å². The molecular weight excluding hydrogens is 524 g/mol. The lowest BCUT2D eigenvalue weighted by Gasteiger charge is -2.37. The van der Waals surface area contributed by atoms with Crippen LogP contribution in [0.3, 0.4) is 0 Å². The number of aromatic nitrogens is 3. The zero-order chi connectivity index (χ0) is 27.9. The van der Waals surface area contributed by atoms with E-state index >= 15 is 0 Å². The van der Waals surface area contributed by atoms with Gasteiger partial charge in [-0.15, -0.1) is 16.4 Å². The molecule has 1 amide bonds. The molecule has 5 rings (SSSR count). The van der Waals surface area contributed by atoms with Crippen molar-refractivity contribution in [2.24, 2.45) is 11.8 Å². The number of anilines is 1. The van der Waals surface area contributed by atoms with Crippen LogP contribution in [-0.2, 0) is 20.7 Å². The quantitative estimate of drug-likeness (QED) is 0.293. The Morgan fingerprint density at radius 1 is 1.12 bits per heavy atom. The molecule has 1 saturated carbocycles. The molecule has 3 aromatic rings. The van der Waals surface area contributed by atoms with E-state index in [2.05, 4.69) is 30.1 Å². The van der Waals surface area contributed by atoms with Gasteiger partial charge in [0.05, 0.1) is 23.5 Å². The minimum Gasteiger partial charge on any atom is -0.462 e. The van der Waals surface area contributed by atoms with E-state index in [0.29, 0.717) is 43.4 Å². The average Bonchev–Trinajstić information content (AvgIpc) is 3.66. The summed E-state index contributed by atoms with van der Waals surface area (Å²) in [5.41, 5.74) is 5.07. The van der Waals surface area contributed by atoms with Crippen molar-refractivity contribution in [2.45, 2.75) is 64.8 Å². The maximum atomic E-state index is 14.1. The highest BCUT2D eigenvalue weighted by Crippen LogP contribution is 2.34. The number of amides is 1. The Balaban J connectivity index is 1.44. The molecule has 1 aliphatic heterocycles. The van der Waals surface area contributed by atoms with Crippen LogP contribution in [0, 0.1) is 11.8 Å². The van der Waals surface area contributed by atoms with Gasteiger partial charge in [0.2, 0.25) is 5.91 Å². The number of esters is 1. The van der Waals surface area contributed by atoms with Crippen molar-refractivity contribution in [3.63, 3.8) is 0 Å². The second-order valence-corrected chi connectivity index (χ2v) is 11.4. The van der Waals surface area contributed by atoms with Crippen LogP contribution < -0.4 is 4.90 Å². The summed E-state index contributed by atoms with van der Waals surface area (Å²) in [5, 5.41) is 6.89. The van der Waals surface area contributed by atoms with Gasteiger partial charge in [0.15, 0.2) is 5.82 Å². The van der Waals surface area contributed by atoms with Gasteiger partial charge < -0.3 is 9.47 Å². The predicted molar refractivity (Wildman–Crippen MR) is 157 cm³/mol. The van der Waals surface area contributed by atoms with Crippen molar-refractivity contribution in [2.75, 3.05) is 24.7 Å². The second kappa shape index (κ2) is 13.4. The summed E-state index contributed by atoms with van der Waals surface area (Å²) in [6, 6.07) is 8.01. The van der Waals surface area contributed by atoms with Crippen LogP contribution in [0.1, 0.15) is 74.0 Å². The molecule has 2 aliphatic rings. The van der Waals surface area contributed by atoms with Gasteiger partial charge in [-0.3, -0.25) is 9.69 Å². The van der Waals surface area contributed by atoms with E-state index < -0.39 is 5.97 Å². The highest BCUT2D eigenvalue weighted by molar-refractivity contribution is 7.07. The minimum atomic E-state index is -0.463. The van der Waals surface area contributed by atoms with E-state index in [0.717, 1.165) is 49.0 Å². The van der Waals surface area contributed by atoms with E-state index in [4.69, 9.17) is 14.6 Å². The van der Waals surface area contributed by atoms with Gasteiger partial charge in [0, 0.05) is 36.8 Å². The van der Waals surface area contributed by atoms with Crippen molar-refractivity contribution >= 4 is 35.1 Å². The first kappa shape index (κ1) is 28.2. The SMILES string of the molecule is CCOC(=O)c1cn(-c2ccc(C/C=C\c3cscn3)cc2)nc1N(C(=O)C1CCC(C)CC1)C1CCOCC1. The van der Waals surface area contributed by atoms with Crippen molar-refractivity contribution in [1.29, 1.82) is 0 Å². The van der Waals surface area contributed by atoms with Crippen LogP contribution in [-0.4, -0.2) is 52.5 Å². The molecule has 9 heteroatoms. The molecule has 0 N–H and O–H groups in total. The zero-order valence-corrected chi connectivity index (χ0v) is 24.1. The fraction of sp³-hybridized carbons (Fsp3) is 0.484. The van der Waals surface area contributed by atoms with Gasteiger partial charge in [-0.2, -0.15) is 0 Å². The number of hydrogen-bond donors (Lipinski definition) is 0. The van der Waals surface area contributed by atoms with Crippen LogP contribution in [0.4, 0.5) is 5.82 Å². The monoisotopic (exact) mass is 562 g/mol. The summed E-state index contributed by atoms with van der Waals surface area (Å²) in [6.45, 7) is 5.46. The van der Waals surface area contributed by atoms with Crippen LogP contribution >= 0.6 is 11.3 Å². The van der Waals surface area contributed by atoms with Crippen LogP contribution in [0.25, 0.3) is 11.8 Å². The highest BCUT2D eigenvalue weighted by atomic mass is 32.1. The number of thiazole rings is 1. The van der Waals surface area contributed by atoms with E-state index in [9.17, 15) is 9.59 Å². The molecule has 2 aromatic heterocycles. The van der Waals surface area contributed by atoms with Gasteiger partial charge in [-0.25, -0.2) is 14.5 Å². The van der Waals surface area contributed by atoms with E-state index in [-0.39, 0.29) is 24.5 Å². The van der Waals surface area contributed by atoms with Gasteiger partial charge >= 0.3 is 5.97 Å². The third-order valence-electron chi connectivity index (χ3n) is 7.87. The number of benzene rings is 1. The Morgan fingerprint density at radius 2 is 1.88 bits per heavy atom. The molecule has 3 heterocycles. The maximum absolute atomic E-state index is 14.1. The number of nitrogens with zero attached hydrogens (tertiary/aromatic N) is 4. The molecule has 40 heavy (non-hydrogen) atoms. The first-order valence-corrected chi connectivity index (χ1v) is 15.3. The first-order chi connectivity index (χ1) is 19.5. The molecule has 0 atom stereocenters. The van der Waals surface area contributed by atoms with Crippen molar-refractivity contribution < 1.29 is 19.1 Å². The zero-order valence-electron chi connectivity index (χ0n) is 23.3. The molecular formula is C31H38N4O4S. The molecule has 0 bridgehead atoms. The maximum Gasteiger partial charge on any atom is 0.343 e. The smallest absolute Gasteiger partial charge is 0.343 e. The molecule has 8 nitrogen and oxygen atoms in total. The minimum absolute atomic E-state index is 0.0594. The largest absolute Gasteiger partial charge is 0.462 e. The standard InChI is InChI=1S/C31H38N4O4S/c1-3-39-31(37)28-19-34(26-13-9-23(10-14-26)5-4-6-25-20-40-21-32-25)33-29(28)35(27-15-17-38-18-16-27)30(36)24-11-7-22(2)8-12-24/h4,6,9-10,13-14,19-22,24,27H,3,5,7-8,11-12,15-18H2,1-2H3/b6-4-. The van der Waals surface area contributed by atoms with Crippen LogP contribution in [0.5, 0.6) is 0 Å². The number of allylic oxidation sites excluding steroid dienone is 1. The third kappa shape index (κ3) is 6.70. The second-order valence-electron chi connectivity index (χ2n) is 10.7. The molecule has 1 aliphatic carbocycles. The summed E-state index contributed by atoms with van der Waals surface area (Å²) in [6.07, 6.45) is 11.9. The van der Waals surface area contributed by atoms with Crippen molar-refractivity contribution in [3.05, 3.63) is 64.2 Å². The Labute approximate surface area is 240 Å². The lowest BCUT2D eigenvalue weighted by molar-refractivity contribution is -0.124. The van der Waals surface area contributed by atoms with Crippen molar-refractivity contribution in [1.82, 2.24) is 14.8 Å². The molecule has 1 aromatic carbocycles. The normalized spacial score (nSPS) is 20.1. The molecule has 212 valence electrons. The Morgan fingerprint density at radius 3 is 2.55 bits per heavy atom. The molecule has 2 fully saturated rings. The summed E-state index contributed by atoms with van der Waals surface area (Å²) >= 11 is 1.58. The lowest BCUT2D eigenvalue weighted by Crippen LogP contribution is -2.47. The molecule has 0 unspecified atom stereocenters. The number of hydrogen-bond acceptors (Lipinski definition) is 7. The van der Waals surface area contributed by atoms with E-state index in [1.807, 2.05) is 34.0 Å². The number of ether oxygens (including phenoxy) is 2. The summed E-state index contributed by atoms with van der Waals surface area (Å²) in [5.74, 6) is 0.576. The molecule has 1 saturated heterocycles. The number of carbonyl (C=O) groups is 2.